The van der Waals surface area contributed by atoms with Gasteiger partial charge in [0.15, 0.2) is 0 Å². The zero-order valence-corrected chi connectivity index (χ0v) is 18.1. The maximum Gasteiger partial charge on any atom is 0.323 e. The smallest absolute Gasteiger partial charge is 0.323 e. The highest BCUT2D eigenvalue weighted by atomic mass is 79.9. The Morgan fingerprint density at radius 3 is 2.28 bits per heavy atom. The van der Waals surface area contributed by atoms with Crippen LogP contribution in [0.2, 0.25) is 0 Å². The van der Waals surface area contributed by atoms with E-state index in [2.05, 4.69) is 31.9 Å². The summed E-state index contributed by atoms with van der Waals surface area (Å²) in [6.07, 6.45) is 0. The zero-order chi connectivity index (χ0) is 20.6. The summed E-state index contributed by atoms with van der Waals surface area (Å²) >= 11 is 4.86. The number of rotatable bonds is 6. The van der Waals surface area contributed by atoms with Crippen LogP contribution in [0.4, 0.5) is 21.9 Å². The summed E-state index contributed by atoms with van der Waals surface area (Å²) in [6, 6.07) is 22.1. The first-order chi connectivity index (χ1) is 14.0. The average Bonchev–Trinajstić information content (AvgIpc) is 2.71. The van der Waals surface area contributed by atoms with Gasteiger partial charge in [0.1, 0.15) is 0 Å². The minimum atomic E-state index is -0.344. The first-order valence-corrected chi connectivity index (χ1v) is 10.7. The van der Waals surface area contributed by atoms with E-state index in [1.54, 1.807) is 12.1 Å². The van der Waals surface area contributed by atoms with Gasteiger partial charge in [-0.15, -0.1) is 11.8 Å². The van der Waals surface area contributed by atoms with E-state index < -0.39 is 0 Å². The first kappa shape index (κ1) is 21.0. The summed E-state index contributed by atoms with van der Waals surface area (Å²) in [5.41, 5.74) is 2.89. The van der Waals surface area contributed by atoms with Crippen molar-refractivity contribution in [3.8, 4) is 0 Å². The van der Waals surface area contributed by atoms with Gasteiger partial charge in [0.2, 0.25) is 5.91 Å². The molecule has 0 aliphatic heterocycles. The lowest BCUT2D eigenvalue weighted by atomic mass is 10.2. The van der Waals surface area contributed by atoms with Crippen LogP contribution in [0.3, 0.4) is 0 Å². The van der Waals surface area contributed by atoms with E-state index >= 15 is 0 Å². The largest absolute Gasteiger partial charge is 0.325 e. The second-order valence-corrected chi connectivity index (χ2v) is 8.23. The Morgan fingerprint density at radius 1 is 0.862 bits per heavy atom. The van der Waals surface area contributed by atoms with E-state index in [0.717, 1.165) is 14.9 Å². The molecule has 3 amide bonds. The van der Waals surface area contributed by atoms with Crippen LogP contribution in [0, 0.1) is 6.92 Å². The Labute approximate surface area is 182 Å². The van der Waals surface area contributed by atoms with Gasteiger partial charge >= 0.3 is 6.03 Å². The normalized spacial score (nSPS) is 10.3. The number of benzene rings is 3. The van der Waals surface area contributed by atoms with Gasteiger partial charge in [0.25, 0.3) is 0 Å². The number of nitrogens with one attached hydrogen (secondary N) is 3. The van der Waals surface area contributed by atoms with Crippen LogP contribution in [0.15, 0.2) is 82.2 Å². The highest BCUT2D eigenvalue weighted by molar-refractivity contribution is 9.10. The predicted molar refractivity (Wildman–Crippen MR) is 124 cm³/mol. The van der Waals surface area contributed by atoms with Gasteiger partial charge in [-0.25, -0.2) is 4.79 Å². The summed E-state index contributed by atoms with van der Waals surface area (Å²) in [5.74, 6) is 0.194. The molecule has 0 radical (unpaired) electrons. The summed E-state index contributed by atoms with van der Waals surface area (Å²) in [5, 5.41) is 8.46. The molecule has 0 saturated carbocycles. The van der Waals surface area contributed by atoms with E-state index in [0.29, 0.717) is 22.8 Å². The van der Waals surface area contributed by atoms with Gasteiger partial charge in [-0.2, -0.15) is 0 Å². The number of carbonyl (C=O) groups excluding carboxylic acids is 2. The van der Waals surface area contributed by atoms with Crippen molar-refractivity contribution in [2.45, 2.75) is 11.8 Å². The van der Waals surface area contributed by atoms with Crippen molar-refractivity contribution in [1.29, 1.82) is 0 Å². The van der Waals surface area contributed by atoms with Gasteiger partial charge in [-0.1, -0.05) is 40.2 Å². The lowest BCUT2D eigenvalue weighted by molar-refractivity contribution is -0.113. The van der Waals surface area contributed by atoms with E-state index in [9.17, 15) is 9.59 Å². The fraction of sp³-hybridized carbons (Fsp3) is 0.0909. The topological polar surface area (TPSA) is 70.2 Å². The molecule has 0 atom stereocenters. The van der Waals surface area contributed by atoms with Crippen molar-refractivity contribution in [2.24, 2.45) is 0 Å². The van der Waals surface area contributed by atoms with Gasteiger partial charge in [-0.05, 0) is 61.0 Å². The number of thioether (sulfide) groups is 1. The highest BCUT2D eigenvalue weighted by Crippen LogP contribution is 2.23. The van der Waals surface area contributed by atoms with Crippen LogP contribution in [-0.4, -0.2) is 17.7 Å². The molecule has 0 bridgehead atoms. The molecule has 0 fully saturated rings. The van der Waals surface area contributed by atoms with Crippen LogP contribution in [0.1, 0.15) is 5.56 Å². The lowest BCUT2D eigenvalue weighted by Crippen LogP contribution is -2.20. The fourth-order valence-corrected chi connectivity index (χ4v) is 3.48. The van der Waals surface area contributed by atoms with E-state index in [1.807, 2.05) is 67.6 Å². The highest BCUT2D eigenvalue weighted by Gasteiger charge is 2.09. The van der Waals surface area contributed by atoms with Crippen molar-refractivity contribution in [3.63, 3.8) is 0 Å². The Bertz CT molecular complexity index is 995. The molecule has 0 unspecified atom stereocenters. The molecule has 0 heterocycles. The first-order valence-electron chi connectivity index (χ1n) is 8.91. The van der Waals surface area contributed by atoms with E-state index in [1.165, 1.54) is 11.8 Å². The van der Waals surface area contributed by atoms with Gasteiger partial charge in [0, 0.05) is 26.4 Å². The predicted octanol–water partition coefficient (Wildman–Crippen LogP) is 6.13. The molecule has 148 valence electrons. The summed E-state index contributed by atoms with van der Waals surface area (Å²) in [7, 11) is 0. The molecule has 3 N–H and O–H groups in total. The third-order valence-electron chi connectivity index (χ3n) is 3.98. The number of carbonyl (C=O) groups is 2. The van der Waals surface area contributed by atoms with Crippen LogP contribution in [0.5, 0.6) is 0 Å². The summed E-state index contributed by atoms with van der Waals surface area (Å²) < 4.78 is 1.00. The second kappa shape index (κ2) is 10.1. The number of para-hydroxylation sites is 1. The Balaban J connectivity index is 1.57. The van der Waals surface area contributed by atoms with E-state index in [4.69, 9.17) is 0 Å². The molecule has 0 aliphatic carbocycles. The van der Waals surface area contributed by atoms with Gasteiger partial charge in [0.05, 0.1) is 5.75 Å². The van der Waals surface area contributed by atoms with Crippen LogP contribution in [-0.2, 0) is 4.79 Å². The lowest BCUT2D eigenvalue weighted by Gasteiger charge is -2.12. The van der Waals surface area contributed by atoms with Crippen molar-refractivity contribution < 1.29 is 9.59 Å². The van der Waals surface area contributed by atoms with Crippen molar-refractivity contribution in [3.05, 3.63) is 82.8 Å². The van der Waals surface area contributed by atoms with Crippen LogP contribution in [0.25, 0.3) is 0 Å². The number of hydrogen-bond acceptors (Lipinski definition) is 3. The number of hydrogen-bond donors (Lipinski definition) is 3. The molecule has 3 aromatic rings. The number of anilines is 3. The Hall–Kier alpha value is -2.77. The van der Waals surface area contributed by atoms with Crippen LogP contribution >= 0.6 is 27.7 Å². The van der Waals surface area contributed by atoms with Crippen molar-refractivity contribution in [2.75, 3.05) is 21.7 Å². The maximum atomic E-state index is 12.3. The molecular formula is C22H20BrN3O2S. The summed E-state index contributed by atoms with van der Waals surface area (Å²) in [4.78, 5) is 25.5. The van der Waals surface area contributed by atoms with Gasteiger partial charge in [-0.3, -0.25) is 4.79 Å². The number of aryl methyl sites for hydroxylation is 1. The molecule has 0 aromatic heterocycles. The minimum Gasteiger partial charge on any atom is -0.325 e. The Kier molecular flexibility index (Phi) is 7.32. The molecular weight excluding hydrogens is 450 g/mol. The fourth-order valence-electron chi connectivity index (χ4n) is 2.52. The molecule has 0 aliphatic rings. The molecule has 29 heavy (non-hydrogen) atoms. The standard InChI is InChI=1S/C22H20BrN3O2S/c1-15-7-10-18(25-22(28)24-17-5-3-2-4-6-17)13-20(15)26-21(27)14-29-19-11-8-16(23)9-12-19/h2-13H,14H2,1H3,(H,26,27)(H2,24,25,28). The van der Waals surface area contributed by atoms with Gasteiger partial charge < -0.3 is 16.0 Å². The monoisotopic (exact) mass is 469 g/mol. The quantitative estimate of drug-likeness (QED) is 0.380. The number of urea groups is 1. The Morgan fingerprint density at radius 2 is 1.55 bits per heavy atom. The molecule has 3 rings (SSSR count). The molecule has 3 aromatic carbocycles. The molecule has 7 heteroatoms. The zero-order valence-electron chi connectivity index (χ0n) is 15.7. The minimum absolute atomic E-state index is 0.105. The number of amides is 3. The SMILES string of the molecule is Cc1ccc(NC(=O)Nc2ccccc2)cc1NC(=O)CSc1ccc(Br)cc1. The molecule has 0 saturated heterocycles. The van der Waals surface area contributed by atoms with E-state index in [-0.39, 0.29) is 11.9 Å². The van der Waals surface area contributed by atoms with Crippen molar-refractivity contribution >= 4 is 56.7 Å². The third kappa shape index (κ3) is 6.66. The molecule has 0 spiro atoms. The second-order valence-electron chi connectivity index (χ2n) is 6.27. The van der Waals surface area contributed by atoms with Crippen LogP contribution < -0.4 is 16.0 Å². The molecule has 5 nitrogen and oxygen atoms in total. The average molecular weight is 470 g/mol. The maximum absolute atomic E-state index is 12.3. The number of halogens is 1. The third-order valence-corrected chi connectivity index (χ3v) is 5.53. The summed E-state index contributed by atoms with van der Waals surface area (Å²) in [6.45, 7) is 1.91. The van der Waals surface area contributed by atoms with Crippen molar-refractivity contribution in [1.82, 2.24) is 0 Å².